The standard InChI is InChI=1S/C25H24N2O3/c1-17-4-2-5-18(14-17)16-30-23-7-3-6-20(15-23)25(29)27-22-12-10-21(11-13-22)26-24(28)19-8-9-19/h2-7,10-15,19H,8-9,16H2,1H3,(H,26,28)(H,27,29). The van der Waals surface area contributed by atoms with Gasteiger partial charge in [0.2, 0.25) is 5.91 Å². The van der Waals surface area contributed by atoms with E-state index in [-0.39, 0.29) is 17.7 Å². The molecule has 0 bridgehead atoms. The Labute approximate surface area is 176 Å². The molecular weight excluding hydrogens is 376 g/mol. The second kappa shape index (κ2) is 8.82. The molecule has 4 rings (SSSR count). The number of benzene rings is 3. The second-order valence-electron chi connectivity index (χ2n) is 7.60. The van der Waals surface area contributed by atoms with Crippen molar-refractivity contribution < 1.29 is 14.3 Å². The molecule has 0 heterocycles. The van der Waals surface area contributed by atoms with Gasteiger partial charge in [0.25, 0.3) is 5.91 Å². The maximum Gasteiger partial charge on any atom is 0.255 e. The van der Waals surface area contributed by atoms with Crippen LogP contribution in [0.1, 0.15) is 34.3 Å². The maximum absolute atomic E-state index is 12.6. The van der Waals surface area contributed by atoms with Gasteiger partial charge in [-0.15, -0.1) is 0 Å². The molecule has 0 atom stereocenters. The highest BCUT2D eigenvalue weighted by Gasteiger charge is 2.29. The van der Waals surface area contributed by atoms with E-state index in [1.807, 2.05) is 31.2 Å². The van der Waals surface area contributed by atoms with Gasteiger partial charge in [0, 0.05) is 22.9 Å². The summed E-state index contributed by atoms with van der Waals surface area (Å²) in [5.74, 6) is 0.645. The normalized spacial score (nSPS) is 12.8. The molecule has 1 aliphatic carbocycles. The third kappa shape index (κ3) is 5.26. The molecule has 0 unspecified atom stereocenters. The van der Waals surface area contributed by atoms with Crippen molar-refractivity contribution in [2.45, 2.75) is 26.4 Å². The van der Waals surface area contributed by atoms with Gasteiger partial charge >= 0.3 is 0 Å². The van der Waals surface area contributed by atoms with Crippen LogP contribution in [0.3, 0.4) is 0 Å². The molecule has 1 fully saturated rings. The minimum absolute atomic E-state index is 0.0641. The molecule has 3 aromatic carbocycles. The molecule has 2 N–H and O–H groups in total. The predicted molar refractivity (Wildman–Crippen MR) is 118 cm³/mol. The number of hydrogen-bond acceptors (Lipinski definition) is 3. The van der Waals surface area contributed by atoms with Crippen LogP contribution in [0.25, 0.3) is 0 Å². The zero-order valence-electron chi connectivity index (χ0n) is 16.9. The van der Waals surface area contributed by atoms with Gasteiger partial charge < -0.3 is 15.4 Å². The van der Waals surface area contributed by atoms with Gasteiger partial charge in [0.1, 0.15) is 12.4 Å². The van der Waals surface area contributed by atoms with E-state index in [1.165, 1.54) is 5.56 Å². The molecule has 0 aromatic heterocycles. The number of nitrogens with one attached hydrogen (secondary N) is 2. The van der Waals surface area contributed by atoms with E-state index in [1.54, 1.807) is 42.5 Å². The first-order chi connectivity index (χ1) is 14.6. The zero-order valence-corrected chi connectivity index (χ0v) is 16.9. The highest BCUT2D eigenvalue weighted by atomic mass is 16.5. The quantitative estimate of drug-likeness (QED) is 0.575. The number of carbonyl (C=O) groups is 2. The minimum Gasteiger partial charge on any atom is -0.489 e. The van der Waals surface area contributed by atoms with Crippen molar-refractivity contribution in [3.05, 3.63) is 89.5 Å². The molecule has 5 heteroatoms. The summed E-state index contributed by atoms with van der Waals surface area (Å²) in [6.07, 6.45) is 1.93. The van der Waals surface area contributed by atoms with Crippen LogP contribution in [0.5, 0.6) is 5.75 Å². The van der Waals surface area contributed by atoms with Gasteiger partial charge in [-0.3, -0.25) is 9.59 Å². The van der Waals surface area contributed by atoms with Crippen molar-refractivity contribution in [1.29, 1.82) is 0 Å². The van der Waals surface area contributed by atoms with Crippen LogP contribution in [-0.2, 0) is 11.4 Å². The lowest BCUT2D eigenvalue weighted by atomic mass is 10.1. The van der Waals surface area contributed by atoms with E-state index >= 15 is 0 Å². The Kier molecular flexibility index (Phi) is 5.80. The van der Waals surface area contributed by atoms with E-state index in [9.17, 15) is 9.59 Å². The van der Waals surface area contributed by atoms with Gasteiger partial charge in [-0.05, 0) is 67.8 Å². The Morgan fingerprint density at radius 2 is 1.60 bits per heavy atom. The SMILES string of the molecule is Cc1cccc(COc2cccc(C(=O)Nc3ccc(NC(=O)C4CC4)cc3)c2)c1. The Hall–Kier alpha value is -3.60. The fourth-order valence-electron chi connectivity index (χ4n) is 3.13. The summed E-state index contributed by atoms with van der Waals surface area (Å²) in [7, 11) is 0. The molecule has 0 aliphatic heterocycles. The number of rotatable bonds is 7. The molecule has 3 aromatic rings. The van der Waals surface area contributed by atoms with E-state index in [4.69, 9.17) is 4.74 Å². The Bertz CT molecular complexity index is 1060. The number of ether oxygens (including phenoxy) is 1. The molecule has 0 spiro atoms. The zero-order chi connectivity index (χ0) is 20.9. The lowest BCUT2D eigenvalue weighted by Crippen LogP contribution is -2.14. The fraction of sp³-hybridized carbons (Fsp3) is 0.200. The number of amides is 2. The molecule has 0 radical (unpaired) electrons. The molecule has 152 valence electrons. The average molecular weight is 400 g/mol. The number of anilines is 2. The minimum atomic E-state index is -0.217. The van der Waals surface area contributed by atoms with Gasteiger partial charge in [-0.2, -0.15) is 0 Å². The molecular formula is C25H24N2O3. The summed E-state index contributed by atoms with van der Waals surface area (Å²) in [4.78, 5) is 24.4. The van der Waals surface area contributed by atoms with Crippen molar-refractivity contribution in [3.8, 4) is 5.75 Å². The van der Waals surface area contributed by atoms with Crippen LogP contribution in [-0.4, -0.2) is 11.8 Å². The molecule has 1 saturated carbocycles. The molecule has 5 nitrogen and oxygen atoms in total. The molecule has 1 aliphatic rings. The molecule has 2 amide bonds. The van der Waals surface area contributed by atoms with Gasteiger partial charge in [0.15, 0.2) is 0 Å². The van der Waals surface area contributed by atoms with Crippen LogP contribution in [0.2, 0.25) is 0 Å². The third-order valence-electron chi connectivity index (χ3n) is 4.94. The van der Waals surface area contributed by atoms with Crippen molar-refractivity contribution in [3.63, 3.8) is 0 Å². The number of carbonyl (C=O) groups excluding carboxylic acids is 2. The highest BCUT2D eigenvalue weighted by Crippen LogP contribution is 2.30. The lowest BCUT2D eigenvalue weighted by Gasteiger charge is -2.10. The summed E-state index contributed by atoms with van der Waals surface area (Å²) in [5, 5.41) is 5.76. The summed E-state index contributed by atoms with van der Waals surface area (Å²) >= 11 is 0. The average Bonchev–Trinajstić information content (AvgIpc) is 3.59. The highest BCUT2D eigenvalue weighted by molar-refractivity contribution is 6.04. The van der Waals surface area contributed by atoms with E-state index in [0.717, 1.165) is 24.1 Å². The smallest absolute Gasteiger partial charge is 0.255 e. The second-order valence-corrected chi connectivity index (χ2v) is 7.60. The van der Waals surface area contributed by atoms with Crippen molar-refractivity contribution in [2.24, 2.45) is 5.92 Å². The monoisotopic (exact) mass is 400 g/mol. The number of hydrogen-bond donors (Lipinski definition) is 2. The predicted octanol–water partition coefficient (Wildman–Crippen LogP) is 5.17. The summed E-state index contributed by atoms with van der Waals surface area (Å²) in [5.41, 5.74) is 4.18. The third-order valence-corrected chi connectivity index (χ3v) is 4.94. The van der Waals surface area contributed by atoms with E-state index in [0.29, 0.717) is 23.6 Å². The Morgan fingerprint density at radius 3 is 2.30 bits per heavy atom. The molecule has 0 saturated heterocycles. The van der Waals surface area contributed by atoms with Crippen molar-refractivity contribution in [2.75, 3.05) is 10.6 Å². The maximum atomic E-state index is 12.6. The largest absolute Gasteiger partial charge is 0.489 e. The summed E-state index contributed by atoms with van der Waals surface area (Å²) < 4.78 is 5.84. The van der Waals surface area contributed by atoms with Gasteiger partial charge in [0.05, 0.1) is 0 Å². The van der Waals surface area contributed by atoms with E-state index in [2.05, 4.69) is 16.7 Å². The first-order valence-corrected chi connectivity index (χ1v) is 10.1. The Morgan fingerprint density at radius 1 is 0.900 bits per heavy atom. The van der Waals surface area contributed by atoms with Crippen LogP contribution in [0, 0.1) is 12.8 Å². The number of aryl methyl sites for hydroxylation is 1. The van der Waals surface area contributed by atoms with Crippen LogP contribution < -0.4 is 15.4 Å². The van der Waals surface area contributed by atoms with Crippen LogP contribution >= 0.6 is 0 Å². The topological polar surface area (TPSA) is 67.4 Å². The first kappa shape index (κ1) is 19.7. The van der Waals surface area contributed by atoms with Crippen LogP contribution in [0.15, 0.2) is 72.8 Å². The molecule has 30 heavy (non-hydrogen) atoms. The first-order valence-electron chi connectivity index (χ1n) is 10.1. The summed E-state index contributed by atoms with van der Waals surface area (Å²) in [6, 6.07) is 22.4. The lowest BCUT2D eigenvalue weighted by molar-refractivity contribution is -0.117. The Balaban J connectivity index is 1.35. The van der Waals surface area contributed by atoms with E-state index < -0.39 is 0 Å². The van der Waals surface area contributed by atoms with Gasteiger partial charge in [-0.25, -0.2) is 0 Å². The fourth-order valence-corrected chi connectivity index (χ4v) is 3.13. The van der Waals surface area contributed by atoms with Crippen molar-refractivity contribution >= 4 is 23.2 Å². The van der Waals surface area contributed by atoms with Crippen LogP contribution in [0.4, 0.5) is 11.4 Å². The summed E-state index contributed by atoms with van der Waals surface area (Å²) in [6.45, 7) is 2.49. The van der Waals surface area contributed by atoms with Gasteiger partial charge in [-0.1, -0.05) is 35.9 Å². The van der Waals surface area contributed by atoms with Crippen molar-refractivity contribution in [1.82, 2.24) is 0 Å².